The molecule has 1 N–H and O–H groups in total. The summed E-state index contributed by atoms with van der Waals surface area (Å²) in [6.45, 7) is 21.4. The molecule has 3 heteroatoms. The van der Waals surface area contributed by atoms with Gasteiger partial charge in [0.25, 0.3) is 0 Å². The third-order valence-electron chi connectivity index (χ3n) is 10.4. The molecule has 3 rings (SSSR count). The lowest BCUT2D eigenvalue weighted by Crippen LogP contribution is -2.41. The molecule has 3 aliphatic rings. The van der Waals surface area contributed by atoms with Gasteiger partial charge in [-0.15, -0.1) is 0 Å². The first-order valence-corrected chi connectivity index (χ1v) is 16.0. The van der Waals surface area contributed by atoms with E-state index in [-0.39, 0.29) is 27.8 Å². The van der Waals surface area contributed by atoms with Crippen molar-refractivity contribution in [2.45, 2.75) is 119 Å². The monoisotopic (exact) mass is 584 g/mol. The summed E-state index contributed by atoms with van der Waals surface area (Å²) in [5.74, 6) is 0.0903. The summed E-state index contributed by atoms with van der Waals surface area (Å²) in [4.78, 5) is 12.9. The van der Waals surface area contributed by atoms with Crippen molar-refractivity contribution in [3.63, 3.8) is 0 Å². The molecule has 43 heavy (non-hydrogen) atoms. The Kier molecular flexibility index (Phi) is 10.9. The van der Waals surface area contributed by atoms with E-state index < -0.39 is 11.5 Å². The molecule has 0 unspecified atom stereocenters. The molecule has 2 saturated carbocycles. The fraction of sp³-hybridized carbons (Fsp3) is 0.525. The molecule has 1 saturated heterocycles. The fourth-order valence-corrected chi connectivity index (χ4v) is 6.96. The van der Waals surface area contributed by atoms with E-state index in [0.717, 1.165) is 17.6 Å². The molecule has 0 aromatic heterocycles. The first kappa shape index (κ1) is 34.7. The molecule has 3 fully saturated rings. The number of aliphatic hydroxyl groups excluding tert-OH is 1. The number of allylic oxidation sites excluding steroid dienone is 17. The largest absolute Gasteiger partial charge is 0.393 e. The highest BCUT2D eigenvalue weighted by Crippen LogP contribution is 2.66. The number of ether oxygens (including phenoxy) is 1. The molecular weight excluding hydrogens is 528 g/mol. The van der Waals surface area contributed by atoms with Gasteiger partial charge in [-0.25, -0.2) is 0 Å². The molecule has 2 aliphatic carbocycles. The van der Waals surface area contributed by atoms with Gasteiger partial charge >= 0.3 is 0 Å². The maximum absolute atomic E-state index is 12.9. The Morgan fingerprint density at radius 3 is 1.67 bits per heavy atom. The van der Waals surface area contributed by atoms with E-state index in [9.17, 15) is 9.90 Å². The molecule has 0 radical (unpaired) electrons. The Morgan fingerprint density at radius 1 is 0.651 bits per heavy atom. The Bertz CT molecular complexity index is 1320. The predicted octanol–water partition coefficient (Wildman–Crippen LogP) is 10.0. The van der Waals surface area contributed by atoms with E-state index in [2.05, 4.69) is 110 Å². The van der Waals surface area contributed by atoms with Gasteiger partial charge in [0.15, 0.2) is 5.78 Å². The Labute approximate surface area is 262 Å². The second-order valence-corrected chi connectivity index (χ2v) is 14.9. The topological polar surface area (TPSA) is 49.8 Å². The lowest BCUT2D eigenvalue weighted by atomic mass is 9.64. The summed E-state index contributed by atoms with van der Waals surface area (Å²) in [5.41, 5.74) is 3.86. The van der Waals surface area contributed by atoms with Crippen LogP contribution < -0.4 is 0 Å². The van der Waals surface area contributed by atoms with Crippen molar-refractivity contribution in [1.29, 1.82) is 0 Å². The van der Waals surface area contributed by atoms with E-state index in [0.29, 0.717) is 12.8 Å². The van der Waals surface area contributed by atoms with Crippen molar-refractivity contribution in [2.24, 2.45) is 16.2 Å². The lowest BCUT2D eigenvalue weighted by Gasteiger charge is -2.36. The van der Waals surface area contributed by atoms with Crippen LogP contribution >= 0.6 is 0 Å². The van der Waals surface area contributed by atoms with Crippen molar-refractivity contribution < 1.29 is 14.6 Å². The number of aliphatic hydroxyl groups is 1. The number of fused-ring (bicyclic) bond motifs is 1. The molecule has 0 spiro atoms. The normalized spacial score (nSPS) is 33.5. The number of carbonyl (C=O) groups is 1. The maximum Gasteiger partial charge on any atom is 0.162 e. The second kappa shape index (κ2) is 13.5. The first-order chi connectivity index (χ1) is 20.0. The van der Waals surface area contributed by atoms with Gasteiger partial charge in [0.1, 0.15) is 5.60 Å². The number of hydrogen-bond acceptors (Lipinski definition) is 3. The van der Waals surface area contributed by atoms with E-state index in [1.165, 1.54) is 24.0 Å². The minimum absolute atomic E-state index is 0.00166. The van der Waals surface area contributed by atoms with E-state index in [4.69, 9.17) is 4.74 Å². The molecular formula is C40H56O3. The van der Waals surface area contributed by atoms with Gasteiger partial charge < -0.3 is 9.84 Å². The van der Waals surface area contributed by atoms with Gasteiger partial charge in [-0.1, -0.05) is 130 Å². The highest BCUT2D eigenvalue weighted by Gasteiger charge is 2.73. The number of rotatable bonds is 11. The Balaban J connectivity index is 1.48. The van der Waals surface area contributed by atoms with Crippen molar-refractivity contribution in [1.82, 2.24) is 0 Å². The van der Waals surface area contributed by atoms with Crippen LogP contribution in [0.2, 0.25) is 0 Å². The molecule has 0 bridgehead atoms. The molecule has 0 aromatic rings. The van der Waals surface area contributed by atoms with Crippen LogP contribution in [0, 0.1) is 16.2 Å². The van der Waals surface area contributed by atoms with E-state index >= 15 is 0 Å². The summed E-state index contributed by atoms with van der Waals surface area (Å²) in [5, 5.41) is 10.1. The number of ketones is 1. The SMILES string of the molecule is CC(/C=C/C=C(C)/C=C/C(=O)[C@]1(C)C[C@@H](O)CC1(C)C)=C\C=C\C=C(C)\C=C\C=C(C)\C=C\[C@]12O[C@@]1(C)CCCC2(C)C. The summed E-state index contributed by atoms with van der Waals surface area (Å²) in [7, 11) is 0. The molecule has 1 aliphatic heterocycles. The van der Waals surface area contributed by atoms with Gasteiger partial charge in [0.05, 0.1) is 11.7 Å². The van der Waals surface area contributed by atoms with Gasteiger partial charge in [-0.05, 0) is 84.3 Å². The molecule has 234 valence electrons. The van der Waals surface area contributed by atoms with Gasteiger partial charge in [-0.2, -0.15) is 0 Å². The summed E-state index contributed by atoms with van der Waals surface area (Å²) in [6, 6.07) is 0. The number of carbonyl (C=O) groups excluding carboxylic acids is 1. The first-order valence-electron chi connectivity index (χ1n) is 16.0. The average Bonchev–Trinajstić information content (AvgIpc) is 3.48. The van der Waals surface area contributed by atoms with Crippen LogP contribution in [-0.2, 0) is 9.53 Å². The lowest BCUT2D eigenvalue weighted by molar-refractivity contribution is -0.127. The highest BCUT2D eigenvalue weighted by atomic mass is 16.6. The van der Waals surface area contributed by atoms with Gasteiger partial charge in [0, 0.05) is 10.8 Å². The average molecular weight is 585 g/mol. The zero-order chi connectivity index (χ0) is 32.1. The highest BCUT2D eigenvalue weighted by molar-refractivity contribution is 5.95. The molecule has 0 aromatic carbocycles. The van der Waals surface area contributed by atoms with Crippen molar-refractivity contribution in [3.05, 3.63) is 107 Å². The van der Waals surface area contributed by atoms with Crippen LogP contribution in [0.3, 0.4) is 0 Å². The maximum atomic E-state index is 12.9. The third kappa shape index (κ3) is 8.05. The van der Waals surface area contributed by atoms with Crippen molar-refractivity contribution in [3.8, 4) is 0 Å². The fourth-order valence-electron chi connectivity index (χ4n) is 6.96. The minimum atomic E-state index is -0.527. The predicted molar refractivity (Wildman–Crippen MR) is 183 cm³/mol. The summed E-state index contributed by atoms with van der Waals surface area (Å²) >= 11 is 0. The van der Waals surface area contributed by atoms with Crippen LogP contribution in [0.4, 0.5) is 0 Å². The zero-order valence-corrected chi connectivity index (χ0v) is 28.5. The van der Waals surface area contributed by atoms with E-state index in [1.54, 1.807) is 6.08 Å². The minimum Gasteiger partial charge on any atom is -0.393 e. The Hall–Kier alpha value is -2.75. The van der Waals surface area contributed by atoms with Crippen LogP contribution in [0.5, 0.6) is 0 Å². The van der Waals surface area contributed by atoms with E-state index in [1.807, 2.05) is 38.2 Å². The second-order valence-electron chi connectivity index (χ2n) is 14.9. The molecule has 1 heterocycles. The van der Waals surface area contributed by atoms with Gasteiger partial charge in [0.2, 0.25) is 0 Å². The van der Waals surface area contributed by atoms with Crippen LogP contribution in [-0.4, -0.2) is 28.2 Å². The van der Waals surface area contributed by atoms with Crippen molar-refractivity contribution >= 4 is 5.78 Å². The molecule has 4 atom stereocenters. The molecule has 0 amide bonds. The van der Waals surface area contributed by atoms with Crippen LogP contribution in [0.15, 0.2) is 107 Å². The summed E-state index contributed by atoms with van der Waals surface area (Å²) < 4.78 is 6.33. The quantitative estimate of drug-likeness (QED) is 0.149. The number of epoxide rings is 1. The molecule has 3 nitrogen and oxygen atoms in total. The smallest absolute Gasteiger partial charge is 0.162 e. The van der Waals surface area contributed by atoms with Crippen LogP contribution in [0.1, 0.15) is 101 Å². The number of hydrogen-bond donors (Lipinski definition) is 1. The zero-order valence-electron chi connectivity index (χ0n) is 28.5. The summed E-state index contributed by atoms with van der Waals surface area (Å²) in [6.07, 6.45) is 33.2. The van der Waals surface area contributed by atoms with Crippen molar-refractivity contribution in [2.75, 3.05) is 0 Å². The van der Waals surface area contributed by atoms with Crippen LogP contribution in [0.25, 0.3) is 0 Å². The Morgan fingerprint density at radius 2 is 1.16 bits per heavy atom. The standard InChI is InChI=1S/C40H56O3/c1-30(18-13-20-32(3)22-23-35(42)38(9)29-34(41)28-37(38,7)8)16-11-12-17-31(2)19-14-21-33(4)24-27-40-36(5,6)25-15-26-39(40,10)43-40/h11-14,16-24,27,34,41H,15,25-26,28-29H2,1-10H3/b12-11+,18-13+,19-14+,23-22+,27-24+,30-16+,31-17+,32-20+,33-21+/t34-,38-,39-,40+/m0/s1. The third-order valence-corrected chi connectivity index (χ3v) is 10.4. The van der Waals surface area contributed by atoms with Gasteiger partial charge in [-0.3, -0.25) is 4.79 Å².